The molecule has 0 bridgehead atoms. The Bertz CT molecular complexity index is 597. The lowest BCUT2D eigenvalue weighted by molar-refractivity contribution is 0.371. The Labute approximate surface area is 136 Å². The maximum Gasteiger partial charge on any atom is 0.268 e. The van der Waals surface area contributed by atoms with E-state index < -0.39 is 10.0 Å². The predicted octanol–water partition coefficient (Wildman–Crippen LogP) is 1.95. The van der Waals surface area contributed by atoms with E-state index in [0.29, 0.717) is 35.3 Å². The average molecular weight is 362 g/mol. The highest BCUT2D eigenvalue weighted by molar-refractivity contribution is 7.97. The van der Waals surface area contributed by atoms with Crippen LogP contribution in [-0.4, -0.2) is 58.9 Å². The fraction of sp³-hybridized carbons (Fsp3) is 0.769. The molecule has 0 aromatic carbocycles. The van der Waals surface area contributed by atoms with E-state index in [2.05, 4.69) is 10.00 Å². The summed E-state index contributed by atoms with van der Waals surface area (Å²) in [5.74, 6) is 0. The number of aromatic nitrogens is 2. The average Bonchev–Trinajstić information content (AvgIpc) is 3.37. The van der Waals surface area contributed by atoms with Crippen LogP contribution in [0.5, 0.6) is 0 Å². The summed E-state index contributed by atoms with van der Waals surface area (Å²) in [6.45, 7) is 1.55. The molecule has 124 valence electrons. The van der Waals surface area contributed by atoms with Crippen LogP contribution in [-0.2, 0) is 16.6 Å². The number of hydrogen-bond donors (Lipinski definition) is 0. The van der Waals surface area contributed by atoms with Crippen LogP contribution in [0, 0.1) is 0 Å². The molecule has 2 aliphatic rings. The van der Waals surface area contributed by atoms with Crippen LogP contribution in [0.2, 0.25) is 0 Å². The van der Waals surface area contributed by atoms with Crippen LogP contribution in [0.25, 0.3) is 0 Å². The maximum atomic E-state index is 12.9. The molecule has 0 saturated heterocycles. The lowest BCUT2D eigenvalue weighted by Crippen LogP contribution is -2.20. The molecule has 2 atom stereocenters. The molecule has 0 spiro atoms. The Kier molecular flexibility index (Phi) is 5.20. The van der Waals surface area contributed by atoms with Gasteiger partial charge in [-0.2, -0.15) is 8.94 Å². The van der Waals surface area contributed by atoms with Gasteiger partial charge in [0.2, 0.25) is 0 Å². The van der Waals surface area contributed by atoms with Crippen molar-refractivity contribution in [3.63, 3.8) is 0 Å². The summed E-state index contributed by atoms with van der Waals surface area (Å²) in [5.41, 5.74) is 1.19. The Balaban J connectivity index is 1.71. The summed E-state index contributed by atoms with van der Waals surface area (Å²) in [5, 5.41) is 4.51. The molecule has 2 aliphatic carbocycles. The van der Waals surface area contributed by atoms with Gasteiger partial charge in [-0.1, -0.05) is 0 Å². The van der Waals surface area contributed by atoms with Crippen molar-refractivity contribution in [2.75, 3.05) is 20.6 Å². The van der Waals surface area contributed by atoms with Gasteiger partial charge in [-0.25, -0.2) is 8.42 Å². The van der Waals surface area contributed by atoms with Crippen molar-refractivity contribution in [3.05, 3.63) is 12.3 Å². The summed E-state index contributed by atoms with van der Waals surface area (Å²) in [4.78, 5) is 2.06. The molecule has 0 aliphatic heterocycles. The molecule has 9 heteroatoms. The van der Waals surface area contributed by atoms with E-state index in [-0.39, 0.29) is 5.03 Å². The van der Waals surface area contributed by atoms with E-state index in [1.165, 1.54) is 25.7 Å². The zero-order valence-corrected chi connectivity index (χ0v) is 15.9. The Morgan fingerprint density at radius 2 is 1.82 bits per heavy atom. The zero-order chi connectivity index (χ0) is 15.7. The van der Waals surface area contributed by atoms with E-state index in [4.69, 9.17) is 0 Å². The number of sulfonamides is 1. The molecule has 0 radical (unpaired) electrons. The Morgan fingerprint density at radius 3 is 2.32 bits per heavy atom. The highest BCUT2D eigenvalue weighted by Crippen LogP contribution is 2.54. The van der Waals surface area contributed by atoms with Crippen molar-refractivity contribution < 1.29 is 8.42 Å². The van der Waals surface area contributed by atoms with Crippen molar-refractivity contribution in [1.29, 1.82) is 0 Å². The molecular formula is C13H24N4O2P2S. The van der Waals surface area contributed by atoms with Crippen molar-refractivity contribution in [3.8, 4) is 0 Å². The van der Waals surface area contributed by atoms with Gasteiger partial charge in [0.05, 0.1) is 6.54 Å². The molecule has 1 aromatic rings. The summed E-state index contributed by atoms with van der Waals surface area (Å²) in [6.07, 6.45) is 6.48. The molecule has 2 fully saturated rings. The minimum Gasteiger partial charge on any atom is -0.308 e. The monoisotopic (exact) mass is 362 g/mol. The second-order valence-electron chi connectivity index (χ2n) is 6.30. The van der Waals surface area contributed by atoms with Crippen LogP contribution < -0.4 is 0 Å². The van der Waals surface area contributed by atoms with Gasteiger partial charge >= 0.3 is 0 Å². The second-order valence-corrected chi connectivity index (χ2v) is 12.2. The number of likely N-dealkylation sites (N-methyl/N-ethyl adjacent to an activating group) is 1. The first-order chi connectivity index (χ1) is 10.4. The van der Waals surface area contributed by atoms with E-state index in [1.54, 1.807) is 20.8 Å². The first-order valence-electron chi connectivity index (χ1n) is 7.71. The van der Waals surface area contributed by atoms with Crippen LogP contribution in [0.3, 0.4) is 0 Å². The standard InChI is InChI=1S/C13H24N4O2P2S/c1-15(2)9-10-16-8-7-13(14-16)22(18,19)17(20-11-3-4-11)21-12-5-6-12/h7-8,11-12,20-21H,3-6,9-10H2,1-2H3. The quantitative estimate of drug-likeness (QED) is 0.630. The maximum absolute atomic E-state index is 12.9. The molecule has 0 amide bonds. The van der Waals surface area contributed by atoms with E-state index in [0.717, 1.165) is 6.54 Å². The van der Waals surface area contributed by atoms with Crippen LogP contribution >= 0.6 is 17.5 Å². The summed E-state index contributed by atoms with van der Waals surface area (Å²) >= 11 is 0. The lowest BCUT2D eigenvalue weighted by atomic mass is 10.6. The highest BCUT2D eigenvalue weighted by Gasteiger charge is 2.36. The van der Waals surface area contributed by atoms with Crippen molar-refractivity contribution in [1.82, 2.24) is 18.5 Å². The van der Waals surface area contributed by atoms with Gasteiger partial charge in [0.25, 0.3) is 10.0 Å². The van der Waals surface area contributed by atoms with Gasteiger partial charge in [0.1, 0.15) is 0 Å². The predicted molar refractivity (Wildman–Crippen MR) is 92.5 cm³/mol. The van der Waals surface area contributed by atoms with E-state index in [1.807, 2.05) is 14.1 Å². The molecule has 2 unspecified atom stereocenters. The third-order valence-corrected chi connectivity index (χ3v) is 10.1. The smallest absolute Gasteiger partial charge is 0.268 e. The Morgan fingerprint density at radius 1 is 1.23 bits per heavy atom. The Hall–Kier alpha value is -0.0600. The first kappa shape index (κ1) is 16.8. The van der Waals surface area contributed by atoms with Crippen molar-refractivity contribution in [2.45, 2.75) is 48.6 Å². The van der Waals surface area contributed by atoms with Gasteiger partial charge in [-0.3, -0.25) is 4.68 Å². The van der Waals surface area contributed by atoms with Gasteiger partial charge in [-0.05, 0) is 74.6 Å². The molecule has 0 N–H and O–H groups in total. The number of hydrogen-bond acceptors (Lipinski definition) is 4. The van der Waals surface area contributed by atoms with Gasteiger partial charge in [0.15, 0.2) is 5.03 Å². The molecule has 3 rings (SSSR count). The normalized spacial score (nSPS) is 20.4. The number of rotatable bonds is 9. The summed E-state index contributed by atoms with van der Waals surface area (Å²) in [7, 11) is 1.39. The first-order valence-corrected chi connectivity index (χ1v) is 11.2. The molecule has 2 saturated carbocycles. The minimum absolute atomic E-state index is 0.215. The fourth-order valence-corrected chi connectivity index (χ4v) is 8.03. The van der Waals surface area contributed by atoms with Crippen LogP contribution in [0.4, 0.5) is 0 Å². The zero-order valence-electron chi connectivity index (χ0n) is 13.1. The van der Waals surface area contributed by atoms with Crippen molar-refractivity contribution in [2.24, 2.45) is 0 Å². The molecular weight excluding hydrogens is 338 g/mol. The van der Waals surface area contributed by atoms with Gasteiger partial charge in [-0.15, -0.1) is 0 Å². The summed E-state index contributed by atoms with van der Waals surface area (Å²) < 4.78 is 29.2. The second kappa shape index (κ2) is 6.82. The minimum atomic E-state index is -3.42. The molecule has 22 heavy (non-hydrogen) atoms. The molecule has 1 heterocycles. The topological polar surface area (TPSA) is 58.4 Å². The molecule has 1 aromatic heterocycles. The highest BCUT2D eigenvalue weighted by atomic mass is 32.2. The number of nitrogens with zero attached hydrogens (tertiary/aromatic N) is 4. The SMILES string of the molecule is CN(C)CCn1ccc(S(=O)(=O)N(PC2CC2)PC2CC2)n1. The molecule has 6 nitrogen and oxygen atoms in total. The van der Waals surface area contributed by atoms with Crippen molar-refractivity contribution >= 4 is 27.5 Å². The fourth-order valence-electron chi connectivity index (χ4n) is 1.93. The van der Waals surface area contributed by atoms with E-state index in [9.17, 15) is 8.42 Å². The van der Waals surface area contributed by atoms with Gasteiger partial charge < -0.3 is 4.90 Å². The summed E-state index contributed by atoms with van der Waals surface area (Å²) in [6, 6.07) is 1.65. The van der Waals surface area contributed by atoms with E-state index >= 15 is 0 Å². The third-order valence-electron chi connectivity index (χ3n) is 3.65. The lowest BCUT2D eigenvalue weighted by Gasteiger charge is -2.20. The third kappa shape index (κ3) is 4.48. The largest absolute Gasteiger partial charge is 0.308 e. The van der Waals surface area contributed by atoms with Gasteiger partial charge in [0, 0.05) is 12.7 Å². The van der Waals surface area contributed by atoms with Crippen LogP contribution in [0.1, 0.15) is 25.7 Å². The van der Waals surface area contributed by atoms with Crippen LogP contribution in [0.15, 0.2) is 17.3 Å².